The van der Waals surface area contributed by atoms with Crippen LogP contribution in [0.1, 0.15) is 30.1 Å². The maximum absolute atomic E-state index is 12.1. The SMILES string of the molecule is CCCCNC(=O)c1ccc(-n2nncc2-c2ccccc2)cc1. The standard InChI is InChI=1S/C19H20N4O/c1-2-3-13-20-19(24)16-9-11-17(12-10-16)23-18(14-21-22-23)15-7-5-4-6-8-15/h4-12,14H,2-3,13H2,1H3,(H,20,24). The summed E-state index contributed by atoms with van der Waals surface area (Å²) in [5.74, 6) is -0.0446. The lowest BCUT2D eigenvalue weighted by Crippen LogP contribution is -2.24. The monoisotopic (exact) mass is 320 g/mol. The second-order valence-corrected chi connectivity index (χ2v) is 5.55. The fourth-order valence-corrected chi connectivity index (χ4v) is 2.47. The fourth-order valence-electron chi connectivity index (χ4n) is 2.47. The third kappa shape index (κ3) is 3.51. The Kier molecular flexibility index (Phi) is 5.01. The molecule has 1 amide bonds. The van der Waals surface area contributed by atoms with E-state index in [1.165, 1.54) is 0 Å². The molecular formula is C19H20N4O. The zero-order valence-corrected chi connectivity index (χ0v) is 13.6. The Morgan fingerprint density at radius 1 is 1.08 bits per heavy atom. The number of nitrogens with zero attached hydrogens (tertiary/aromatic N) is 3. The molecule has 1 N–H and O–H groups in total. The van der Waals surface area contributed by atoms with Crippen LogP contribution in [0.4, 0.5) is 0 Å². The predicted molar refractivity (Wildman–Crippen MR) is 94.0 cm³/mol. The fraction of sp³-hybridized carbons (Fsp3) is 0.211. The van der Waals surface area contributed by atoms with Crippen LogP contribution in [0, 0.1) is 0 Å². The summed E-state index contributed by atoms with van der Waals surface area (Å²) in [6, 6.07) is 17.4. The van der Waals surface area contributed by atoms with E-state index in [2.05, 4.69) is 22.6 Å². The van der Waals surface area contributed by atoms with Crippen LogP contribution in [-0.4, -0.2) is 27.4 Å². The number of unbranched alkanes of at least 4 members (excludes halogenated alkanes) is 1. The Labute approximate surface area is 141 Å². The number of hydrogen-bond donors (Lipinski definition) is 1. The molecule has 24 heavy (non-hydrogen) atoms. The van der Waals surface area contributed by atoms with E-state index in [9.17, 15) is 4.79 Å². The maximum Gasteiger partial charge on any atom is 0.251 e. The second kappa shape index (κ2) is 7.55. The molecule has 1 aromatic heterocycles. The molecule has 0 radical (unpaired) electrons. The van der Waals surface area contributed by atoms with Crippen molar-refractivity contribution < 1.29 is 4.79 Å². The van der Waals surface area contributed by atoms with E-state index >= 15 is 0 Å². The summed E-state index contributed by atoms with van der Waals surface area (Å²) in [6.07, 6.45) is 3.79. The van der Waals surface area contributed by atoms with E-state index in [0.717, 1.165) is 29.8 Å². The van der Waals surface area contributed by atoms with Crippen LogP contribution < -0.4 is 5.32 Å². The van der Waals surface area contributed by atoms with Gasteiger partial charge in [0.1, 0.15) is 0 Å². The Morgan fingerprint density at radius 3 is 2.54 bits per heavy atom. The summed E-state index contributed by atoms with van der Waals surface area (Å²) >= 11 is 0. The molecule has 0 spiro atoms. The Hall–Kier alpha value is -2.95. The lowest BCUT2D eigenvalue weighted by atomic mass is 10.1. The van der Waals surface area contributed by atoms with Crippen molar-refractivity contribution in [2.75, 3.05) is 6.54 Å². The molecule has 0 saturated heterocycles. The van der Waals surface area contributed by atoms with E-state index in [4.69, 9.17) is 0 Å². The van der Waals surface area contributed by atoms with Gasteiger partial charge in [-0.25, -0.2) is 4.68 Å². The molecule has 5 nitrogen and oxygen atoms in total. The highest BCUT2D eigenvalue weighted by molar-refractivity contribution is 5.94. The molecule has 1 heterocycles. The van der Waals surface area contributed by atoms with Crippen molar-refractivity contribution in [2.45, 2.75) is 19.8 Å². The van der Waals surface area contributed by atoms with Crippen LogP contribution in [-0.2, 0) is 0 Å². The van der Waals surface area contributed by atoms with Crippen molar-refractivity contribution in [1.82, 2.24) is 20.3 Å². The van der Waals surface area contributed by atoms with Crippen LogP contribution in [0.5, 0.6) is 0 Å². The van der Waals surface area contributed by atoms with Crippen LogP contribution in [0.15, 0.2) is 60.8 Å². The maximum atomic E-state index is 12.1. The normalized spacial score (nSPS) is 10.5. The summed E-state index contributed by atoms with van der Waals surface area (Å²) < 4.78 is 1.77. The number of hydrogen-bond acceptors (Lipinski definition) is 3. The van der Waals surface area contributed by atoms with Gasteiger partial charge in [0.2, 0.25) is 0 Å². The van der Waals surface area contributed by atoms with Gasteiger partial charge in [-0.15, -0.1) is 5.10 Å². The summed E-state index contributed by atoms with van der Waals surface area (Å²) in [6.45, 7) is 2.81. The number of carbonyl (C=O) groups excluding carboxylic acids is 1. The van der Waals surface area contributed by atoms with Gasteiger partial charge in [0.15, 0.2) is 0 Å². The largest absolute Gasteiger partial charge is 0.352 e. The molecule has 122 valence electrons. The number of benzene rings is 2. The first-order valence-electron chi connectivity index (χ1n) is 8.14. The Morgan fingerprint density at radius 2 is 1.83 bits per heavy atom. The third-order valence-corrected chi connectivity index (χ3v) is 3.81. The minimum Gasteiger partial charge on any atom is -0.352 e. The average Bonchev–Trinajstić information content (AvgIpc) is 3.12. The highest BCUT2D eigenvalue weighted by Gasteiger charge is 2.10. The highest BCUT2D eigenvalue weighted by Crippen LogP contribution is 2.21. The van der Waals surface area contributed by atoms with Crippen molar-refractivity contribution >= 4 is 5.91 Å². The Bertz CT molecular complexity index is 794. The lowest BCUT2D eigenvalue weighted by Gasteiger charge is -2.08. The first-order chi connectivity index (χ1) is 11.8. The number of aromatic nitrogens is 3. The van der Waals surface area contributed by atoms with Crippen molar-refractivity contribution in [1.29, 1.82) is 0 Å². The van der Waals surface area contributed by atoms with Gasteiger partial charge in [-0.1, -0.05) is 48.9 Å². The van der Waals surface area contributed by atoms with Crippen molar-refractivity contribution in [3.8, 4) is 16.9 Å². The molecule has 2 aromatic carbocycles. The molecule has 0 saturated carbocycles. The molecule has 0 aliphatic carbocycles. The van der Waals surface area contributed by atoms with Crippen molar-refractivity contribution in [3.05, 3.63) is 66.4 Å². The van der Waals surface area contributed by atoms with Gasteiger partial charge in [-0.2, -0.15) is 0 Å². The predicted octanol–water partition coefficient (Wildman–Crippen LogP) is 3.46. The first kappa shape index (κ1) is 15.9. The molecule has 3 aromatic rings. The van der Waals surface area contributed by atoms with E-state index in [1.54, 1.807) is 10.9 Å². The van der Waals surface area contributed by atoms with Gasteiger partial charge in [0.25, 0.3) is 5.91 Å². The molecular weight excluding hydrogens is 300 g/mol. The van der Waals surface area contributed by atoms with E-state index in [-0.39, 0.29) is 5.91 Å². The van der Waals surface area contributed by atoms with Crippen LogP contribution in [0.3, 0.4) is 0 Å². The summed E-state index contributed by atoms with van der Waals surface area (Å²) in [5.41, 5.74) is 3.48. The number of nitrogens with one attached hydrogen (secondary N) is 1. The van der Waals surface area contributed by atoms with Crippen LogP contribution >= 0.6 is 0 Å². The summed E-state index contributed by atoms with van der Waals surface area (Å²) in [4.78, 5) is 12.1. The minimum atomic E-state index is -0.0446. The van der Waals surface area contributed by atoms with Gasteiger partial charge in [-0.3, -0.25) is 4.79 Å². The third-order valence-electron chi connectivity index (χ3n) is 3.81. The molecule has 0 fully saturated rings. The zero-order chi connectivity index (χ0) is 16.8. The highest BCUT2D eigenvalue weighted by atomic mass is 16.1. The molecule has 0 aliphatic heterocycles. The van der Waals surface area contributed by atoms with E-state index in [0.29, 0.717) is 12.1 Å². The molecule has 0 unspecified atom stereocenters. The van der Waals surface area contributed by atoms with Gasteiger partial charge < -0.3 is 5.32 Å². The van der Waals surface area contributed by atoms with Gasteiger partial charge in [0.05, 0.1) is 17.6 Å². The molecule has 0 bridgehead atoms. The van der Waals surface area contributed by atoms with Crippen molar-refractivity contribution in [3.63, 3.8) is 0 Å². The van der Waals surface area contributed by atoms with Gasteiger partial charge in [0, 0.05) is 17.7 Å². The molecule has 0 aliphatic rings. The number of rotatable bonds is 6. The minimum absolute atomic E-state index is 0.0446. The number of carbonyl (C=O) groups is 1. The average molecular weight is 320 g/mol. The smallest absolute Gasteiger partial charge is 0.251 e. The molecule has 3 rings (SSSR count). The topological polar surface area (TPSA) is 59.8 Å². The number of amides is 1. The quantitative estimate of drug-likeness (QED) is 0.708. The van der Waals surface area contributed by atoms with Crippen molar-refractivity contribution in [2.24, 2.45) is 0 Å². The van der Waals surface area contributed by atoms with Crippen LogP contribution in [0.2, 0.25) is 0 Å². The molecule has 5 heteroatoms. The molecule has 0 atom stereocenters. The van der Waals surface area contributed by atoms with E-state index in [1.807, 2.05) is 54.6 Å². The lowest BCUT2D eigenvalue weighted by molar-refractivity contribution is 0.0953. The van der Waals surface area contributed by atoms with Gasteiger partial charge in [-0.05, 0) is 30.7 Å². The zero-order valence-electron chi connectivity index (χ0n) is 13.6. The first-order valence-corrected chi connectivity index (χ1v) is 8.14. The van der Waals surface area contributed by atoms with E-state index < -0.39 is 0 Å². The van der Waals surface area contributed by atoms with Gasteiger partial charge >= 0.3 is 0 Å². The Balaban J connectivity index is 1.80. The summed E-state index contributed by atoms with van der Waals surface area (Å²) in [5, 5.41) is 11.1. The summed E-state index contributed by atoms with van der Waals surface area (Å²) in [7, 11) is 0. The van der Waals surface area contributed by atoms with Crippen LogP contribution in [0.25, 0.3) is 16.9 Å². The second-order valence-electron chi connectivity index (χ2n) is 5.55.